The van der Waals surface area contributed by atoms with Crippen molar-refractivity contribution in [2.24, 2.45) is 0 Å². The van der Waals surface area contributed by atoms with Crippen LogP contribution in [0.5, 0.6) is 5.75 Å². The SMILES string of the molecule is Oc1c(Br)cc(Br)c2c1NCCC2. The van der Waals surface area contributed by atoms with Gasteiger partial charge >= 0.3 is 0 Å². The van der Waals surface area contributed by atoms with Gasteiger partial charge in [0.2, 0.25) is 0 Å². The maximum atomic E-state index is 9.74. The first-order valence-corrected chi connectivity index (χ1v) is 5.72. The monoisotopic (exact) mass is 305 g/mol. The van der Waals surface area contributed by atoms with Crippen molar-refractivity contribution in [3.8, 4) is 5.75 Å². The number of anilines is 1. The first kappa shape index (κ1) is 9.34. The maximum absolute atomic E-state index is 9.74. The second kappa shape index (κ2) is 3.50. The average Bonchev–Trinajstić information content (AvgIpc) is 2.15. The van der Waals surface area contributed by atoms with Crippen LogP contribution in [0.4, 0.5) is 5.69 Å². The molecular weight excluding hydrogens is 298 g/mol. The molecule has 0 saturated heterocycles. The van der Waals surface area contributed by atoms with Crippen molar-refractivity contribution in [1.82, 2.24) is 0 Å². The van der Waals surface area contributed by atoms with E-state index in [0.29, 0.717) is 5.75 Å². The van der Waals surface area contributed by atoms with Crippen LogP contribution in [0.15, 0.2) is 15.0 Å². The summed E-state index contributed by atoms with van der Waals surface area (Å²) in [4.78, 5) is 0. The van der Waals surface area contributed by atoms with Crippen molar-refractivity contribution < 1.29 is 5.11 Å². The Kier molecular flexibility index (Phi) is 2.51. The summed E-state index contributed by atoms with van der Waals surface area (Å²) in [6.07, 6.45) is 2.14. The molecule has 1 aromatic carbocycles. The first-order chi connectivity index (χ1) is 6.20. The van der Waals surface area contributed by atoms with Crippen molar-refractivity contribution in [2.75, 3.05) is 11.9 Å². The molecule has 0 unspecified atom stereocenters. The summed E-state index contributed by atoms with van der Waals surface area (Å²) in [5.74, 6) is 0.318. The van der Waals surface area contributed by atoms with E-state index < -0.39 is 0 Å². The van der Waals surface area contributed by atoms with Gasteiger partial charge in [-0.15, -0.1) is 0 Å². The van der Waals surface area contributed by atoms with E-state index in [1.807, 2.05) is 6.07 Å². The zero-order chi connectivity index (χ0) is 9.42. The highest BCUT2D eigenvalue weighted by atomic mass is 79.9. The zero-order valence-corrected chi connectivity index (χ0v) is 10.1. The van der Waals surface area contributed by atoms with Gasteiger partial charge in [0.1, 0.15) is 0 Å². The predicted molar refractivity (Wildman–Crippen MR) is 60.3 cm³/mol. The van der Waals surface area contributed by atoms with Gasteiger partial charge in [-0.1, -0.05) is 15.9 Å². The minimum absolute atomic E-state index is 0.318. The van der Waals surface area contributed by atoms with E-state index in [-0.39, 0.29) is 0 Å². The summed E-state index contributed by atoms with van der Waals surface area (Å²) in [5.41, 5.74) is 2.04. The van der Waals surface area contributed by atoms with Crippen LogP contribution in [0.1, 0.15) is 12.0 Å². The third kappa shape index (κ3) is 1.57. The Balaban J connectivity index is 2.63. The highest BCUT2D eigenvalue weighted by Crippen LogP contribution is 2.41. The second-order valence-electron chi connectivity index (χ2n) is 3.07. The topological polar surface area (TPSA) is 32.3 Å². The van der Waals surface area contributed by atoms with Crippen LogP contribution in [0.2, 0.25) is 0 Å². The smallest absolute Gasteiger partial charge is 0.153 e. The fourth-order valence-corrected chi connectivity index (χ4v) is 2.92. The summed E-state index contributed by atoms with van der Waals surface area (Å²) in [6.45, 7) is 0.934. The molecule has 0 bridgehead atoms. The number of phenols is 1. The molecular formula is C9H9Br2NO. The molecule has 0 spiro atoms. The van der Waals surface area contributed by atoms with Crippen molar-refractivity contribution in [3.63, 3.8) is 0 Å². The number of fused-ring (bicyclic) bond motifs is 1. The second-order valence-corrected chi connectivity index (χ2v) is 4.78. The summed E-state index contributed by atoms with van der Waals surface area (Å²) < 4.78 is 1.78. The molecule has 0 aromatic heterocycles. The summed E-state index contributed by atoms with van der Waals surface area (Å²) in [7, 11) is 0. The molecule has 1 aliphatic heterocycles. The normalized spacial score (nSPS) is 14.9. The molecule has 0 saturated carbocycles. The Morgan fingerprint density at radius 1 is 1.31 bits per heavy atom. The van der Waals surface area contributed by atoms with Gasteiger partial charge in [-0.2, -0.15) is 0 Å². The summed E-state index contributed by atoms with van der Waals surface area (Å²) >= 11 is 6.79. The lowest BCUT2D eigenvalue weighted by atomic mass is 10.0. The van der Waals surface area contributed by atoms with Crippen molar-refractivity contribution in [3.05, 3.63) is 20.6 Å². The highest BCUT2D eigenvalue weighted by molar-refractivity contribution is 9.11. The Bertz CT molecular complexity index is 352. The van der Waals surface area contributed by atoms with Gasteiger partial charge in [0, 0.05) is 11.0 Å². The van der Waals surface area contributed by atoms with Crippen LogP contribution in [0.3, 0.4) is 0 Å². The van der Waals surface area contributed by atoms with Gasteiger partial charge in [0.05, 0.1) is 10.2 Å². The molecule has 2 N–H and O–H groups in total. The largest absolute Gasteiger partial charge is 0.505 e. The van der Waals surface area contributed by atoms with E-state index in [0.717, 1.165) is 34.0 Å². The minimum atomic E-state index is 0.318. The number of phenolic OH excluding ortho intramolecular Hbond substituents is 1. The zero-order valence-electron chi connectivity index (χ0n) is 6.90. The molecule has 2 nitrogen and oxygen atoms in total. The molecule has 1 aromatic rings. The number of benzene rings is 1. The lowest BCUT2D eigenvalue weighted by molar-refractivity contribution is 0.472. The van der Waals surface area contributed by atoms with Crippen LogP contribution in [0.25, 0.3) is 0 Å². The van der Waals surface area contributed by atoms with Crippen LogP contribution >= 0.6 is 31.9 Å². The van der Waals surface area contributed by atoms with Crippen LogP contribution in [-0.2, 0) is 6.42 Å². The predicted octanol–water partition coefficient (Wildman–Crippen LogP) is 3.28. The number of nitrogens with one attached hydrogen (secondary N) is 1. The molecule has 1 aliphatic rings. The number of halogens is 2. The van der Waals surface area contributed by atoms with Gasteiger partial charge in [-0.25, -0.2) is 0 Å². The molecule has 0 radical (unpaired) electrons. The van der Waals surface area contributed by atoms with E-state index in [9.17, 15) is 5.11 Å². The van der Waals surface area contributed by atoms with E-state index in [2.05, 4.69) is 37.2 Å². The molecule has 0 amide bonds. The quantitative estimate of drug-likeness (QED) is 0.721. The fourth-order valence-electron chi connectivity index (χ4n) is 1.56. The molecule has 1 heterocycles. The van der Waals surface area contributed by atoms with Crippen molar-refractivity contribution in [1.29, 1.82) is 0 Å². The summed E-state index contributed by atoms with van der Waals surface area (Å²) in [6, 6.07) is 1.89. The van der Waals surface area contributed by atoms with E-state index in [1.165, 1.54) is 5.56 Å². The number of hydrogen-bond donors (Lipinski definition) is 2. The van der Waals surface area contributed by atoms with Gasteiger partial charge in [0.25, 0.3) is 0 Å². The van der Waals surface area contributed by atoms with Gasteiger partial charge < -0.3 is 10.4 Å². The van der Waals surface area contributed by atoms with Crippen molar-refractivity contribution in [2.45, 2.75) is 12.8 Å². The Labute approximate surface area is 93.6 Å². The average molecular weight is 307 g/mol. The molecule has 4 heteroatoms. The Morgan fingerprint density at radius 3 is 2.85 bits per heavy atom. The van der Waals surface area contributed by atoms with Gasteiger partial charge in [-0.05, 0) is 40.4 Å². The number of aromatic hydroxyl groups is 1. The van der Waals surface area contributed by atoms with Crippen LogP contribution < -0.4 is 5.32 Å². The molecule has 0 atom stereocenters. The minimum Gasteiger partial charge on any atom is -0.505 e. The molecule has 13 heavy (non-hydrogen) atoms. The highest BCUT2D eigenvalue weighted by Gasteiger charge is 2.17. The van der Waals surface area contributed by atoms with Gasteiger partial charge in [-0.3, -0.25) is 0 Å². The van der Waals surface area contributed by atoms with E-state index in [1.54, 1.807) is 0 Å². The molecule has 0 aliphatic carbocycles. The Morgan fingerprint density at radius 2 is 2.08 bits per heavy atom. The van der Waals surface area contributed by atoms with E-state index in [4.69, 9.17) is 0 Å². The Hall–Kier alpha value is -0.220. The maximum Gasteiger partial charge on any atom is 0.153 e. The van der Waals surface area contributed by atoms with Crippen LogP contribution in [-0.4, -0.2) is 11.7 Å². The van der Waals surface area contributed by atoms with Crippen LogP contribution in [0, 0.1) is 0 Å². The van der Waals surface area contributed by atoms with Crippen molar-refractivity contribution >= 4 is 37.5 Å². The third-order valence-electron chi connectivity index (χ3n) is 2.21. The van der Waals surface area contributed by atoms with Gasteiger partial charge in [0.15, 0.2) is 5.75 Å². The lowest BCUT2D eigenvalue weighted by Crippen LogP contribution is -2.12. The standard InChI is InChI=1S/C9H9Br2NO/c10-6-4-7(11)9(13)8-5(6)2-1-3-12-8/h4,12-13H,1-3H2. The molecule has 70 valence electrons. The number of rotatable bonds is 0. The fraction of sp³-hybridized carbons (Fsp3) is 0.333. The summed E-state index contributed by atoms with van der Waals surface area (Å²) in [5, 5.41) is 12.9. The third-order valence-corrected chi connectivity index (χ3v) is 3.52. The molecule has 0 fully saturated rings. The number of hydrogen-bond acceptors (Lipinski definition) is 2. The lowest BCUT2D eigenvalue weighted by Gasteiger charge is -2.21. The molecule has 2 rings (SSSR count). The first-order valence-electron chi connectivity index (χ1n) is 4.14. The van der Waals surface area contributed by atoms with E-state index >= 15 is 0 Å².